The van der Waals surface area contributed by atoms with Gasteiger partial charge in [-0.25, -0.2) is 0 Å². The van der Waals surface area contributed by atoms with E-state index in [1.165, 1.54) is 6.07 Å². The molecule has 0 radical (unpaired) electrons. The van der Waals surface area contributed by atoms with Gasteiger partial charge < -0.3 is 11.1 Å². The lowest BCUT2D eigenvalue weighted by atomic mass is 9.99. The minimum atomic E-state index is -0.586. The Bertz CT molecular complexity index is 482. The molecule has 18 heavy (non-hydrogen) atoms. The molecule has 1 rings (SSSR count). The minimum absolute atomic E-state index is 0.0860. The largest absolute Gasteiger partial charge is 0.323 e. The van der Waals surface area contributed by atoms with Crippen molar-refractivity contribution in [2.24, 2.45) is 11.7 Å². The lowest BCUT2D eigenvalue weighted by Gasteiger charge is -2.18. The van der Waals surface area contributed by atoms with Gasteiger partial charge in [-0.1, -0.05) is 31.9 Å². The summed E-state index contributed by atoms with van der Waals surface area (Å²) >= 11 is 5.95. The molecule has 0 saturated carbocycles. The fraction of sp³-hybridized carbons (Fsp3) is 0.385. The average molecular weight is 266 g/mol. The number of benzene rings is 1. The Hall–Kier alpha value is -1.57. The van der Waals surface area contributed by atoms with Gasteiger partial charge in [0.25, 0.3) is 0 Å². The van der Waals surface area contributed by atoms with Crippen molar-refractivity contribution < 1.29 is 4.79 Å². The molecule has 3 N–H and O–H groups in total. The first-order chi connectivity index (χ1) is 8.49. The van der Waals surface area contributed by atoms with Crippen LogP contribution in [0.3, 0.4) is 0 Å². The molecule has 4 nitrogen and oxygen atoms in total. The van der Waals surface area contributed by atoms with Gasteiger partial charge in [0.15, 0.2) is 0 Å². The predicted octanol–water partition coefficient (Wildman–Crippen LogP) is 2.52. The van der Waals surface area contributed by atoms with E-state index in [1.807, 2.05) is 19.9 Å². The van der Waals surface area contributed by atoms with Gasteiger partial charge in [0.05, 0.1) is 28.4 Å². The van der Waals surface area contributed by atoms with E-state index in [0.717, 1.165) is 6.42 Å². The third-order valence-corrected chi connectivity index (χ3v) is 3.24. The van der Waals surface area contributed by atoms with Gasteiger partial charge in [-0.05, 0) is 24.1 Å². The smallest absolute Gasteiger partial charge is 0.241 e. The van der Waals surface area contributed by atoms with Crippen LogP contribution in [0, 0.1) is 17.2 Å². The minimum Gasteiger partial charge on any atom is -0.323 e. The van der Waals surface area contributed by atoms with Gasteiger partial charge in [-0.3, -0.25) is 4.79 Å². The fourth-order valence-corrected chi connectivity index (χ4v) is 1.58. The highest BCUT2D eigenvalue weighted by molar-refractivity contribution is 6.33. The summed E-state index contributed by atoms with van der Waals surface area (Å²) in [5.74, 6) is -0.204. The number of nitrogens with zero attached hydrogens (tertiary/aromatic N) is 1. The Morgan fingerprint density at radius 1 is 1.61 bits per heavy atom. The van der Waals surface area contributed by atoms with E-state index in [2.05, 4.69) is 5.32 Å². The standard InChI is InChI=1S/C13H16ClN3O/c1-3-8(2)12(16)13(18)17-11-6-9(7-15)4-5-10(11)14/h4-6,8,12H,3,16H2,1-2H3,(H,17,18)/t8-,12-/m0/s1. The number of nitriles is 1. The summed E-state index contributed by atoms with van der Waals surface area (Å²) in [6.07, 6.45) is 0.820. The number of amides is 1. The molecule has 0 spiro atoms. The molecule has 0 fully saturated rings. The van der Waals surface area contributed by atoms with Crippen molar-refractivity contribution in [3.8, 4) is 6.07 Å². The fourth-order valence-electron chi connectivity index (χ4n) is 1.42. The van der Waals surface area contributed by atoms with Crippen LogP contribution in [0.5, 0.6) is 0 Å². The topological polar surface area (TPSA) is 78.9 Å². The highest BCUT2D eigenvalue weighted by atomic mass is 35.5. The number of anilines is 1. The zero-order valence-corrected chi connectivity index (χ0v) is 11.2. The molecule has 96 valence electrons. The van der Waals surface area contributed by atoms with E-state index in [-0.39, 0.29) is 11.8 Å². The Kier molecular flexibility index (Phi) is 5.14. The van der Waals surface area contributed by atoms with Crippen molar-refractivity contribution in [2.45, 2.75) is 26.3 Å². The van der Waals surface area contributed by atoms with Crippen molar-refractivity contribution in [2.75, 3.05) is 5.32 Å². The normalized spacial score (nSPS) is 13.5. The lowest BCUT2D eigenvalue weighted by molar-refractivity contribution is -0.118. The molecule has 1 aromatic carbocycles. The molecule has 0 unspecified atom stereocenters. The predicted molar refractivity (Wildman–Crippen MR) is 72.2 cm³/mol. The Labute approximate surface area is 112 Å². The van der Waals surface area contributed by atoms with Gasteiger partial charge in [0, 0.05) is 0 Å². The van der Waals surface area contributed by atoms with Crippen molar-refractivity contribution in [1.82, 2.24) is 0 Å². The zero-order chi connectivity index (χ0) is 13.7. The molecular formula is C13H16ClN3O. The summed E-state index contributed by atoms with van der Waals surface area (Å²) in [5.41, 5.74) is 6.67. The van der Waals surface area contributed by atoms with Crippen LogP contribution >= 0.6 is 11.6 Å². The highest BCUT2D eigenvalue weighted by Crippen LogP contribution is 2.23. The molecule has 0 aliphatic rings. The molecular weight excluding hydrogens is 250 g/mol. The molecule has 0 heterocycles. The maximum atomic E-state index is 11.9. The highest BCUT2D eigenvalue weighted by Gasteiger charge is 2.20. The van der Waals surface area contributed by atoms with Gasteiger partial charge in [-0.15, -0.1) is 0 Å². The summed E-state index contributed by atoms with van der Waals surface area (Å²) in [4.78, 5) is 11.9. The second-order valence-electron chi connectivity index (χ2n) is 4.21. The van der Waals surface area contributed by atoms with Crippen LogP contribution in [-0.4, -0.2) is 11.9 Å². The number of hydrogen-bond donors (Lipinski definition) is 2. The Morgan fingerprint density at radius 2 is 2.28 bits per heavy atom. The molecule has 0 bridgehead atoms. The molecule has 0 aliphatic carbocycles. The number of nitrogens with one attached hydrogen (secondary N) is 1. The van der Waals surface area contributed by atoms with Crippen LogP contribution in [0.4, 0.5) is 5.69 Å². The van der Waals surface area contributed by atoms with Gasteiger partial charge in [0.1, 0.15) is 0 Å². The number of rotatable bonds is 4. The zero-order valence-electron chi connectivity index (χ0n) is 10.4. The number of halogens is 1. The van der Waals surface area contributed by atoms with Gasteiger partial charge >= 0.3 is 0 Å². The Balaban J connectivity index is 2.85. The SMILES string of the molecule is CC[C@H](C)[C@H](N)C(=O)Nc1cc(C#N)ccc1Cl. The molecule has 2 atom stereocenters. The first-order valence-corrected chi connectivity index (χ1v) is 6.13. The van der Waals surface area contributed by atoms with Crippen LogP contribution in [0.1, 0.15) is 25.8 Å². The molecule has 1 amide bonds. The van der Waals surface area contributed by atoms with E-state index in [4.69, 9.17) is 22.6 Å². The number of carbonyl (C=O) groups excluding carboxylic acids is 1. The third-order valence-electron chi connectivity index (χ3n) is 2.91. The molecule has 0 aliphatic heterocycles. The van der Waals surface area contributed by atoms with Crippen LogP contribution in [0.2, 0.25) is 5.02 Å². The first kappa shape index (κ1) is 14.5. The van der Waals surface area contributed by atoms with E-state index in [0.29, 0.717) is 16.3 Å². The summed E-state index contributed by atoms with van der Waals surface area (Å²) in [6, 6.07) is 6.10. The third kappa shape index (κ3) is 3.46. The molecule has 0 aromatic heterocycles. The first-order valence-electron chi connectivity index (χ1n) is 5.75. The van der Waals surface area contributed by atoms with Crippen LogP contribution in [0.15, 0.2) is 18.2 Å². The second kappa shape index (κ2) is 6.39. The molecule has 5 heteroatoms. The summed E-state index contributed by atoms with van der Waals surface area (Å²) < 4.78 is 0. The van der Waals surface area contributed by atoms with Crippen molar-refractivity contribution in [3.05, 3.63) is 28.8 Å². The summed E-state index contributed by atoms with van der Waals surface area (Å²) in [5, 5.41) is 11.8. The summed E-state index contributed by atoms with van der Waals surface area (Å²) in [7, 11) is 0. The van der Waals surface area contributed by atoms with E-state index in [1.54, 1.807) is 12.1 Å². The molecule has 1 aromatic rings. The molecule has 0 saturated heterocycles. The summed E-state index contributed by atoms with van der Waals surface area (Å²) in [6.45, 7) is 3.89. The van der Waals surface area contributed by atoms with Crippen LogP contribution < -0.4 is 11.1 Å². The van der Waals surface area contributed by atoms with Crippen molar-refractivity contribution in [3.63, 3.8) is 0 Å². The average Bonchev–Trinajstić information content (AvgIpc) is 2.39. The van der Waals surface area contributed by atoms with Gasteiger partial charge in [0.2, 0.25) is 5.91 Å². The van der Waals surface area contributed by atoms with Gasteiger partial charge in [-0.2, -0.15) is 5.26 Å². The maximum absolute atomic E-state index is 11.9. The number of nitrogens with two attached hydrogens (primary N) is 1. The van der Waals surface area contributed by atoms with E-state index in [9.17, 15) is 4.79 Å². The second-order valence-corrected chi connectivity index (χ2v) is 4.61. The number of carbonyl (C=O) groups is 1. The Morgan fingerprint density at radius 3 is 2.83 bits per heavy atom. The monoisotopic (exact) mass is 265 g/mol. The van der Waals surface area contributed by atoms with E-state index >= 15 is 0 Å². The van der Waals surface area contributed by atoms with Crippen LogP contribution in [-0.2, 0) is 4.79 Å². The number of hydrogen-bond acceptors (Lipinski definition) is 3. The lowest BCUT2D eigenvalue weighted by Crippen LogP contribution is -2.40. The quantitative estimate of drug-likeness (QED) is 0.878. The maximum Gasteiger partial charge on any atom is 0.241 e. The van der Waals surface area contributed by atoms with Crippen molar-refractivity contribution in [1.29, 1.82) is 5.26 Å². The van der Waals surface area contributed by atoms with Crippen molar-refractivity contribution >= 4 is 23.2 Å². The van der Waals surface area contributed by atoms with E-state index < -0.39 is 6.04 Å². The van der Waals surface area contributed by atoms with Crippen LogP contribution in [0.25, 0.3) is 0 Å².